The summed E-state index contributed by atoms with van der Waals surface area (Å²) in [7, 11) is 1.41. The number of phenols is 1. The van der Waals surface area contributed by atoms with Gasteiger partial charge in [-0.3, -0.25) is 0 Å². The van der Waals surface area contributed by atoms with Gasteiger partial charge < -0.3 is 25.2 Å². The highest BCUT2D eigenvalue weighted by Crippen LogP contribution is 2.37. The van der Waals surface area contributed by atoms with Gasteiger partial charge in [0.1, 0.15) is 17.1 Å². The summed E-state index contributed by atoms with van der Waals surface area (Å²) < 4.78 is 5.32. The molecule has 6 nitrogen and oxygen atoms in total. The first kappa shape index (κ1) is 20.7. The number of aromatic carboxylic acids is 1. The standard InChI is InChI=1S/C21H26O6/c1-21(2,26)17(22)12-15-16(27-3)11-14(18(19(15)23)20(24)25)10-9-13-7-5-4-6-8-13/h4-8,11,17,22-23,26H,9-10,12H2,1-3H3,(H,24,25). The predicted molar refractivity (Wildman–Crippen MR) is 101 cm³/mol. The SMILES string of the molecule is COc1cc(CCc2ccccc2)c(C(=O)O)c(O)c1CC(O)C(C)(C)O. The minimum absolute atomic E-state index is 0.141. The van der Waals surface area contributed by atoms with Gasteiger partial charge in [0.15, 0.2) is 0 Å². The number of aliphatic hydroxyl groups is 2. The van der Waals surface area contributed by atoms with E-state index < -0.39 is 23.4 Å². The van der Waals surface area contributed by atoms with E-state index in [4.69, 9.17) is 4.74 Å². The summed E-state index contributed by atoms with van der Waals surface area (Å²) in [6.45, 7) is 2.88. The van der Waals surface area contributed by atoms with Crippen molar-refractivity contribution < 1.29 is 30.0 Å². The molecule has 0 fully saturated rings. The first-order valence-corrected chi connectivity index (χ1v) is 8.74. The average molecular weight is 374 g/mol. The summed E-state index contributed by atoms with van der Waals surface area (Å²) in [6, 6.07) is 11.2. The smallest absolute Gasteiger partial charge is 0.339 e. The summed E-state index contributed by atoms with van der Waals surface area (Å²) >= 11 is 0. The van der Waals surface area contributed by atoms with E-state index in [-0.39, 0.29) is 23.3 Å². The number of aliphatic hydroxyl groups excluding tert-OH is 1. The average Bonchev–Trinajstić information content (AvgIpc) is 2.61. The van der Waals surface area contributed by atoms with Crippen molar-refractivity contribution in [3.05, 3.63) is 58.7 Å². The van der Waals surface area contributed by atoms with E-state index in [0.717, 1.165) is 5.56 Å². The number of carboxylic acid groups (broad SMARTS) is 1. The Morgan fingerprint density at radius 1 is 1.19 bits per heavy atom. The normalized spacial score (nSPS) is 12.6. The maximum atomic E-state index is 11.8. The molecule has 0 spiro atoms. The zero-order valence-corrected chi connectivity index (χ0v) is 15.8. The lowest BCUT2D eigenvalue weighted by Gasteiger charge is -2.26. The second kappa shape index (κ2) is 8.41. The first-order valence-electron chi connectivity index (χ1n) is 8.74. The molecule has 0 aromatic heterocycles. The highest BCUT2D eigenvalue weighted by molar-refractivity contribution is 5.93. The summed E-state index contributed by atoms with van der Waals surface area (Å²) in [5.41, 5.74) is 0.0426. The Hall–Kier alpha value is -2.57. The summed E-state index contributed by atoms with van der Waals surface area (Å²) in [5, 5.41) is 40.4. The van der Waals surface area contributed by atoms with E-state index in [9.17, 15) is 25.2 Å². The Labute approximate surface area is 158 Å². The lowest BCUT2D eigenvalue weighted by atomic mass is 9.90. The number of carbonyl (C=O) groups is 1. The quantitative estimate of drug-likeness (QED) is 0.566. The van der Waals surface area contributed by atoms with Crippen molar-refractivity contribution in [1.29, 1.82) is 0 Å². The number of hydrogen-bond acceptors (Lipinski definition) is 5. The van der Waals surface area contributed by atoms with Crippen LogP contribution in [0.2, 0.25) is 0 Å². The lowest BCUT2D eigenvalue weighted by molar-refractivity contribution is -0.0473. The molecule has 0 saturated heterocycles. The van der Waals surface area contributed by atoms with Crippen molar-refractivity contribution in [1.82, 2.24) is 0 Å². The zero-order valence-electron chi connectivity index (χ0n) is 15.8. The van der Waals surface area contributed by atoms with Crippen LogP contribution in [-0.2, 0) is 19.3 Å². The topological polar surface area (TPSA) is 107 Å². The maximum Gasteiger partial charge on any atom is 0.339 e. The Bertz CT molecular complexity index is 793. The molecule has 2 aromatic rings. The molecular formula is C21H26O6. The van der Waals surface area contributed by atoms with Crippen LogP contribution in [0.15, 0.2) is 36.4 Å². The van der Waals surface area contributed by atoms with Crippen LogP contribution in [0.5, 0.6) is 11.5 Å². The number of rotatable bonds is 8. The van der Waals surface area contributed by atoms with Gasteiger partial charge in [-0.15, -0.1) is 0 Å². The molecule has 0 heterocycles. The fraction of sp³-hybridized carbons (Fsp3) is 0.381. The van der Waals surface area contributed by atoms with Gasteiger partial charge in [0, 0.05) is 12.0 Å². The van der Waals surface area contributed by atoms with E-state index in [1.807, 2.05) is 30.3 Å². The minimum Gasteiger partial charge on any atom is -0.507 e. The zero-order chi connectivity index (χ0) is 20.2. The number of aryl methyl sites for hydroxylation is 2. The lowest BCUT2D eigenvalue weighted by Crippen LogP contribution is -2.37. The molecule has 0 saturated carbocycles. The molecule has 0 amide bonds. The number of carboxylic acids is 1. The van der Waals surface area contributed by atoms with Crippen LogP contribution in [-0.4, -0.2) is 45.2 Å². The van der Waals surface area contributed by atoms with E-state index in [1.165, 1.54) is 21.0 Å². The van der Waals surface area contributed by atoms with E-state index in [2.05, 4.69) is 0 Å². The van der Waals surface area contributed by atoms with Crippen molar-refractivity contribution in [3.63, 3.8) is 0 Å². The monoisotopic (exact) mass is 374 g/mol. The van der Waals surface area contributed by atoms with Crippen molar-refractivity contribution >= 4 is 5.97 Å². The van der Waals surface area contributed by atoms with Gasteiger partial charge in [-0.25, -0.2) is 4.79 Å². The molecule has 146 valence electrons. The number of aromatic hydroxyl groups is 1. The molecule has 0 aliphatic rings. The van der Waals surface area contributed by atoms with Gasteiger partial charge >= 0.3 is 5.97 Å². The van der Waals surface area contributed by atoms with Gasteiger partial charge in [0.25, 0.3) is 0 Å². The van der Waals surface area contributed by atoms with Crippen LogP contribution in [0, 0.1) is 0 Å². The fourth-order valence-electron chi connectivity index (χ4n) is 2.92. The number of benzene rings is 2. The van der Waals surface area contributed by atoms with Gasteiger partial charge in [-0.2, -0.15) is 0 Å². The molecule has 2 aromatic carbocycles. The Morgan fingerprint density at radius 3 is 2.33 bits per heavy atom. The van der Waals surface area contributed by atoms with E-state index in [0.29, 0.717) is 18.4 Å². The van der Waals surface area contributed by atoms with Crippen LogP contribution in [0.3, 0.4) is 0 Å². The van der Waals surface area contributed by atoms with E-state index >= 15 is 0 Å². The minimum atomic E-state index is -1.41. The van der Waals surface area contributed by atoms with Crippen LogP contribution in [0.25, 0.3) is 0 Å². The second-order valence-electron chi connectivity index (χ2n) is 7.10. The number of hydrogen-bond donors (Lipinski definition) is 4. The van der Waals surface area contributed by atoms with Gasteiger partial charge in [-0.05, 0) is 43.9 Å². The Morgan fingerprint density at radius 2 is 1.81 bits per heavy atom. The molecule has 0 aliphatic heterocycles. The predicted octanol–water partition coefficient (Wildman–Crippen LogP) is 2.56. The van der Waals surface area contributed by atoms with Gasteiger partial charge in [0.05, 0.1) is 18.8 Å². The van der Waals surface area contributed by atoms with Gasteiger partial charge in [0.2, 0.25) is 0 Å². The van der Waals surface area contributed by atoms with Crippen molar-refractivity contribution in [3.8, 4) is 11.5 Å². The number of methoxy groups -OCH3 is 1. The highest BCUT2D eigenvalue weighted by atomic mass is 16.5. The van der Waals surface area contributed by atoms with Crippen LogP contribution in [0.4, 0.5) is 0 Å². The van der Waals surface area contributed by atoms with Crippen LogP contribution < -0.4 is 4.74 Å². The first-order chi connectivity index (χ1) is 12.6. The van der Waals surface area contributed by atoms with Crippen molar-refractivity contribution in [2.75, 3.05) is 7.11 Å². The number of ether oxygens (including phenoxy) is 1. The fourth-order valence-corrected chi connectivity index (χ4v) is 2.92. The highest BCUT2D eigenvalue weighted by Gasteiger charge is 2.30. The summed E-state index contributed by atoms with van der Waals surface area (Å²) in [5.74, 6) is -1.41. The van der Waals surface area contributed by atoms with Crippen LogP contribution in [0.1, 0.15) is 40.9 Å². The van der Waals surface area contributed by atoms with Crippen LogP contribution >= 0.6 is 0 Å². The molecule has 0 radical (unpaired) electrons. The maximum absolute atomic E-state index is 11.8. The van der Waals surface area contributed by atoms with E-state index in [1.54, 1.807) is 6.07 Å². The molecule has 2 rings (SSSR count). The molecule has 0 bridgehead atoms. The molecule has 1 atom stereocenters. The molecule has 4 N–H and O–H groups in total. The third kappa shape index (κ3) is 4.99. The Balaban J connectivity index is 2.43. The third-order valence-electron chi connectivity index (χ3n) is 4.62. The molecular weight excluding hydrogens is 348 g/mol. The Kier molecular flexibility index (Phi) is 6.46. The molecule has 27 heavy (non-hydrogen) atoms. The summed E-state index contributed by atoms with van der Waals surface area (Å²) in [4.78, 5) is 11.8. The molecule has 0 aliphatic carbocycles. The second-order valence-corrected chi connectivity index (χ2v) is 7.10. The molecule has 6 heteroatoms. The van der Waals surface area contributed by atoms with Crippen molar-refractivity contribution in [2.24, 2.45) is 0 Å². The van der Waals surface area contributed by atoms with Crippen molar-refractivity contribution in [2.45, 2.75) is 44.8 Å². The largest absolute Gasteiger partial charge is 0.507 e. The van der Waals surface area contributed by atoms with Gasteiger partial charge in [-0.1, -0.05) is 30.3 Å². The summed E-state index contributed by atoms with van der Waals surface area (Å²) in [6.07, 6.45) is -0.328. The molecule has 1 unspecified atom stereocenters. The third-order valence-corrected chi connectivity index (χ3v) is 4.62.